The van der Waals surface area contributed by atoms with E-state index in [0.717, 1.165) is 13.0 Å². The van der Waals surface area contributed by atoms with Gasteiger partial charge in [-0.2, -0.15) is 0 Å². The standard InChI is InChI=1S/C13H19NO2/c1-2-6-13(15)16-10-9-14-11-12-7-4-3-5-8-12/h3-5,7-8,14H,2,6,9-11H2,1H3. The number of esters is 1. The number of rotatable bonds is 7. The van der Waals surface area contributed by atoms with Crippen LogP contribution in [0.15, 0.2) is 30.3 Å². The minimum Gasteiger partial charge on any atom is -0.464 e. The zero-order valence-electron chi connectivity index (χ0n) is 9.74. The maximum absolute atomic E-state index is 11.0. The lowest BCUT2D eigenvalue weighted by Gasteiger charge is -2.06. The molecule has 0 saturated heterocycles. The maximum atomic E-state index is 11.0. The SMILES string of the molecule is CCCC(=O)OCCNCc1ccccc1. The maximum Gasteiger partial charge on any atom is 0.305 e. The molecule has 0 aliphatic rings. The summed E-state index contributed by atoms with van der Waals surface area (Å²) in [6.07, 6.45) is 1.36. The highest BCUT2D eigenvalue weighted by atomic mass is 16.5. The largest absolute Gasteiger partial charge is 0.464 e. The molecule has 3 heteroatoms. The van der Waals surface area contributed by atoms with E-state index < -0.39 is 0 Å². The molecule has 1 aromatic rings. The Hall–Kier alpha value is -1.35. The highest BCUT2D eigenvalue weighted by Crippen LogP contribution is 1.96. The van der Waals surface area contributed by atoms with E-state index >= 15 is 0 Å². The Labute approximate surface area is 96.8 Å². The fourth-order valence-corrected chi connectivity index (χ4v) is 1.34. The van der Waals surface area contributed by atoms with Crippen molar-refractivity contribution in [3.8, 4) is 0 Å². The fraction of sp³-hybridized carbons (Fsp3) is 0.462. The van der Waals surface area contributed by atoms with Crippen molar-refractivity contribution in [2.45, 2.75) is 26.3 Å². The van der Waals surface area contributed by atoms with Gasteiger partial charge in [0.1, 0.15) is 6.61 Å². The minimum absolute atomic E-state index is 0.107. The van der Waals surface area contributed by atoms with Crippen LogP contribution in [0.3, 0.4) is 0 Å². The molecule has 0 unspecified atom stereocenters. The van der Waals surface area contributed by atoms with Gasteiger partial charge in [-0.3, -0.25) is 4.79 Å². The van der Waals surface area contributed by atoms with Crippen LogP contribution in [0, 0.1) is 0 Å². The molecule has 0 fully saturated rings. The third-order valence-electron chi connectivity index (χ3n) is 2.17. The van der Waals surface area contributed by atoms with E-state index in [0.29, 0.717) is 19.6 Å². The molecule has 0 aromatic heterocycles. The van der Waals surface area contributed by atoms with E-state index in [4.69, 9.17) is 4.74 Å². The van der Waals surface area contributed by atoms with Gasteiger partial charge in [-0.25, -0.2) is 0 Å². The molecule has 16 heavy (non-hydrogen) atoms. The molecule has 0 atom stereocenters. The molecule has 1 N–H and O–H groups in total. The van der Waals surface area contributed by atoms with Crippen LogP contribution in [0.25, 0.3) is 0 Å². The molecule has 0 bridgehead atoms. The van der Waals surface area contributed by atoms with Crippen molar-refractivity contribution >= 4 is 5.97 Å². The van der Waals surface area contributed by atoms with Crippen LogP contribution in [0.5, 0.6) is 0 Å². The van der Waals surface area contributed by atoms with Crippen molar-refractivity contribution in [1.82, 2.24) is 5.32 Å². The predicted octanol–water partition coefficient (Wildman–Crippen LogP) is 2.12. The molecule has 0 aliphatic heterocycles. The topological polar surface area (TPSA) is 38.3 Å². The number of hydrogen-bond donors (Lipinski definition) is 1. The second-order valence-electron chi connectivity index (χ2n) is 3.63. The number of hydrogen-bond acceptors (Lipinski definition) is 3. The number of nitrogens with one attached hydrogen (secondary N) is 1. The number of ether oxygens (including phenoxy) is 1. The van der Waals surface area contributed by atoms with Gasteiger partial charge in [-0.15, -0.1) is 0 Å². The summed E-state index contributed by atoms with van der Waals surface area (Å²) in [4.78, 5) is 11.0. The van der Waals surface area contributed by atoms with Gasteiger partial charge in [-0.05, 0) is 12.0 Å². The Balaban J connectivity index is 2.02. The molecule has 0 radical (unpaired) electrons. The van der Waals surface area contributed by atoms with Gasteiger partial charge < -0.3 is 10.1 Å². The molecule has 0 saturated carbocycles. The highest BCUT2D eigenvalue weighted by molar-refractivity contribution is 5.69. The van der Waals surface area contributed by atoms with Crippen molar-refractivity contribution in [3.05, 3.63) is 35.9 Å². The van der Waals surface area contributed by atoms with E-state index in [9.17, 15) is 4.79 Å². The smallest absolute Gasteiger partial charge is 0.305 e. The van der Waals surface area contributed by atoms with Crippen molar-refractivity contribution in [2.24, 2.45) is 0 Å². The molecule has 0 heterocycles. The van der Waals surface area contributed by atoms with Crippen molar-refractivity contribution in [1.29, 1.82) is 0 Å². The zero-order valence-corrected chi connectivity index (χ0v) is 9.74. The van der Waals surface area contributed by atoms with Gasteiger partial charge >= 0.3 is 5.97 Å². The number of carbonyl (C=O) groups is 1. The molecule has 0 aliphatic carbocycles. The first kappa shape index (κ1) is 12.7. The minimum atomic E-state index is -0.107. The number of carbonyl (C=O) groups excluding carboxylic acids is 1. The molecular weight excluding hydrogens is 202 g/mol. The van der Waals surface area contributed by atoms with Crippen LogP contribution in [0.2, 0.25) is 0 Å². The van der Waals surface area contributed by atoms with Crippen LogP contribution < -0.4 is 5.32 Å². The van der Waals surface area contributed by atoms with E-state index in [1.165, 1.54) is 5.56 Å². The summed E-state index contributed by atoms with van der Waals surface area (Å²) in [5, 5.41) is 3.22. The van der Waals surface area contributed by atoms with Gasteiger partial charge in [0.2, 0.25) is 0 Å². The summed E-state index contributed by atoms with van der Waals surface area (Å²) < 4.78 is 5.02. The first-order valence-electron chi connectivity index (χ1n) is 5.73. The third-order valence-corrected chi connectivity index (χ3v) is 2.17. The fourth-order valence-electron chi connectivity index (χ4n) is 1.34. The summed E-state index contributed by atoms with van der Waals surface area (Å²) in [5.41, 5.74) is 1.24. The van der Waals surface area contributed by atoms with Crippen molar-refractivity contribution in [3.63, 3.8) is 0 Å². The van der Waals surface area contributed by atoms with Gasteiger partial charge in [0.25, 0.3) is 0 Å². The lowest BCUT2D eigenvalue weighted by molar-refractivity contribution is -0.143. The van der Waals surface area contributed by atoms with Gasteiger partial charge in [-0.1, -0.05) is 37.3 Å². The van der Waals surface area contributed by atoms with E-state index in [1.54, 1.807) is 0 Å². The summed E-state index contributed by atoms with van der Waals surface area (Å²) in [7, 11) is 0. The molecule has 0 amide bonds. The predicted molar refractivity (Wildman–Crippen MR) is 64.0 cm³/mol. The van der Waals surface area contributed by atoms with E-state index in [1.807, 2.05) is 25.1 Å². The van der Waals surface area contributed by atoms with Crippen LogP contribution in [0.1, 0.15) is 25.3 Å². The quantitative estimate of drug-likeness (QED) is 0.566. The Kier molecular flexibility index (Phi) is 6.26. The van der Waals surface area contributed by atoms with Crippen molar-refractivity contribution in [2.75, 3.05) is 13.2 Å². The van der Waals surface area contributed by atoms with E-state index in [2.05, 4.69) is 17.4 Å². The molecule has 1 rings (SSSR count). The Bertz CT molecular complexity index is 298. The van der Waals surface area contributed by atoms with Crippen LogP contribution in [-0.4, -0.2) is 19.1 Å². The summed E-state index contributed by atoms with van der Waals surface area (Å²) >= 11 is 0. The summed E-state index contributed by atoms with van der Waals surface area (Å²) in [6.45, 7) is 3.93. The van der Waals surface area contributed by atoms with Crippen LogP contribution in [0.4, 0.5) is 0 Å². The zero-order chi connectivity index (χ0) is 11.6. The van der Waals surface area contributed by atoms with Gasteiger partial charge in [0.05, 0.1) is 0 Å². The molecular formula is C13H19NO2. The number of benzene rings is 1. The first-order chi connectivity index (χ1) is 7.83. The van der Waals surface area contributed by atoms with Gasteiger partial charge in [0, 0.05) is 19.5 Å². The van der Waals surface area contributed by atoms with Crippen LogP contribution >= 0.6 is 0 Å². The Morgan fingerprint density at radius 2 is 2.06 bits per heavy atom. The molecule has 1 aromatic carbocycles. The second kappa shape index (κ2) is 7.88. The monoisotopic (exact) mass is 221 g/mol. The average Bonchev–Trinajstić information content (AvgIpc) is 2.30. The molecule has 88 valence electrons. The lowest BCUT2D eigenvalue weighted by Crippen LogP contribution is -2.20. The lowest BCUT2D eigenvalue weighted by atomic mass is 10.2. The third kappa shape index (κ3) is 5.51. The normalized spacial score (nSPS) is 10.1. The second-order valence-corrected chi connectivity index (χ2v) is 3.63. The molecule has 0 spiro atoms. The summed E-state index contributed by atoms with van der Waals surface area (Å²) in [5.74, 6) is -0.107. The Morgan fingerprint density at radius 3 is 2.75 bits per heavy atom. The molecule has 3 nitrogen and oxygen atoms in total. The van der Waals surface area contributed by atoms with Gasteiger partial charge in [0.15, 0.2) is 0 Å². The Morgan fingerprint density at radius 1 is 1.31 bits per heavy atom. The van der Waals surface area contributed by atoms with Crippen molar-refractivity contribution < 1.29 is 9.53 Å². The average molecular weight is 221 g/mol. The summed E-state index contributed by atoms with van der Waals surface area (Å²) in [6, 6.07) is 10.2. The first-order valence-corrected chi connectivity index (χ1v) is 5.73. The highest BCUT2D eigenvalue weighted by Gasteiger charge is 1.99. The van der Waals surface area contributed by atoms with Crippen LogP contribution in [-0.2, 0) is 16.1 Å². The van der Waals surface area contributed by atoms with E-state index in [-0.39, 0.29) is 5.97 Å².